The van der Waals surface area contributed by atoms with Gasteiger partial charge in [-0.3, -0.25) is 19.7 Å². The van der Waals surface area contributed by atoms with Gasteiger partial charge in [-0.1, -0.05) is 39.8 Å². The van der Waals surface area contributed by atoms with Crippen molar-refractivity contribution in [1.82, 2.24) is 9.62 Å². The van der Waals surface area contributed by atoms with Gasteiger partial charge in [0.2, 0.25) is 15.9 Å². The van der Waals surface area contributed by atoms with Crippen molar-refractivity contribution < 1.29 is 22.9 Å². The van der Waals surface area contributed by atoms with Gasteiger partial charge in [-0.05, 0) is 30.2 Å². The summed E-state index contributed by atoms with van der Waals surface area (Å²) in [4.78, 5) is 36.0. The van der Waals surface area contributed by atoms with E-state index in [1.54, 1.807) is 27.7 Å². The lowest BCUT2D eigenvalue weighted by atomic mass is 10.0. The zero-order valence-electron chi connectivity index (χ0n) is 18.9. The molecule has 0 aliphatic rings. The van der Waals surface area contributed by atoms with Gasteiger partial charge in [-0.2, -0.15) is 4.31 Å². The summed E-state index contributed by atoms with van der Waals surface area (Å²) < 4.78 is 26.8. The van der Waals surface area contributed by atoms with Crippen molar-refractivity contribution in [2.75, 3.05) is 18.4 Å². The largest absolute Gasteiger partial charge is 0.340 e. The molecule has 2 rings (SSSR count). The standard InChI is InChI=1S/C22H28N4O6S/c1-5-25(6-2)33(31,32)19-12-7-9-16(13-19)21(27)24-20(15(3)4)22(28)23-17-10-8-11-18(14-17)26(29)30/h7-15,20H,5-6H2,1-4H3,(H,23,28)(H,24,27). The molecule has 2 aromatic rings. The van der Waals surface area contributed by atoms with Crippen LogP contribution in [-0.4, -0.2) is 48.6 Å². The van der Waals surface area contributed by atoms with E-state index in [4.69, 9.17) is 0 Å². The molecule has 0 spiro atoms. The van der Waals surface area contributed by atoms with Crippen molar-refractivity contribution in [3.05, 3.63) is 64.2 Å². The third kappa shape index (κ3) is 6.36. The average Bonchev–Trinajstić information content (AvgIpc) is 2.77. The highest BCUT2D eigenvalue weighted by molar-refractivity contribution is 7.89. The number of anilines is 1. The van der Waals surface area contributed by atoms with E-state index >= 15 is 0 Å². The summed E-state index contributed by atoms with van der Waals surface area (Å²) in [6, 6.07) is 10.1. The van der Waals surface area contributed by atoms with E-state index < -0.39 is 32.8 Å². The number of sulfonamides is 1. The van der Waals surface area contributed by atoms with Gasteiger partial charge in [0, 0.05) is 36.5 Å². The Hall–Kier alpha value is -3.31. The van der Waals surface area contributed by atoms with E-state index in [9.17, 15) is 28.1 Å². The van der Waals surface area contributed by atoms with Crippen LogP contribution in [0.1, 0.15) is 38.1 Å². The molecular formula is C22H28N4O6S. The fourth-order valence-corrected chi connectivity index (χ4v) is 4.69. The third-order valence-electron chi connectivity index (χ3n) is 5.00. The average molecular weight is 477 g/mol. The Kier molecular flexibility index (Phi) is 8.66. The van der Waals surface area contributed by atoms with Gasteiger partial charge < -0.3 is 10.6 Å². The van der Waals surface area contributed by atoms with Crippen molar-refractivity contribution in [2.24, 2.45) is 5.92 Å². The molecule has 0 aliphatic carbocycles. The number of amides is 2. The molecule has 2 N–H and O–H groups in total. The summed E-state index contributed by atoms with van der Waals surface area (Å²) in [6.07, 6.45) is 0. The summed E-state index contributed by atoms with van der Waals surface area (Å²) in [6.45, 7) is 7.51. The molecule has 10 nitrogen and oxygen atoms in total. The predicted octanol–water partition coefficient (Wildman–Crippen LogP) is 3.02. The van der Waals surface area contributed by atoms with E-state index in [0.29, 0.717) is 13.1 Å². The first-order valence-electron chi connectivity index (χ1n) is 10.5. The highest BCUT2D eigenvalue weighted by Gasteiger charge is 2.27. The number of hydrogen-bond acceptors (Lipinski definition) is 6. The summed E-state index contributed by atoms with van der Waals surface area (Å²) in [5, 5.41) is 16.2. The smallest absolute Gasteiger partial charge is 0.271 e. The fourth-order valence-electron chi connectivity index (χ4n) is 3.19. The van der Waals surface area contributed by atoms with Gasteiger partial charge in [0.1, 0.15) is 6.04 Å². The van der Waals surface area contributed by atoms with E-state index in [1.165, 1.54) is 52.8 Å². The first-order valence-corrected chi connectivity index (χ1v) is 11.9. The molecule has 2 amide bonds. The van der Waals surface area contributed by atoms with Crippen LogP contribution in [0.4, 0.5) is 11.4 Å². The molecule has 0 bridgehead atoms. The molecule has 1 unspecified atom stereocenters. The maximum Gasteiger partial charge on any atom is 0.271 e. The van der Waals surface area contributed by atoms with Gasteiger partial charge in [0.15, 0.2) is 0 Å². The Morgan fingerprint density at radius 3 is 2.27 bits per heavy atom. The molecule has 178 valence electrons. The van der Waals surface area contributed by atoms with Crippen LogP contribution < -0.4 is 10.6 Å². The molecule has 0 fully saturated rings. The molecule has 0 radical (unpaired) electrons. The number of carbonyl (C=O) groups is 2. The first-order chi connectivity index (χ1) is 15.5. The van der Waals surface area contributed by atoms with Crippen LogP contribution in [0.25, 0.3) is 0 Å². The van der Waals surface area contributed by atoms with Crippen LogP contribution in [0.3, 0.4) is 0 Å². The summed E-state index contributed by atoms with van der Waals surface area (Å²) >= 11 is 0. The van der Waals surface area contributed by atoms with Crippen LogP contribution in [0, 0.1) is 16.0 Å². The Morgan fingerprint density at radius 2 is 1.70 bits per heavy atom. The first kappa shape index (κ1) is 25.9. The minimum atomic E-state index is -3.75. The van der Waals surface area contributed by atoms with Crippen molar-refractivity contribution in [3.8, 4) is 0 Å². The quantitative estimate of drug-likeness (QED) is 0.399. The summed E-state index contributed by atoms with van der Waals surface area (Å²) in [7, 11) is -3.75. The molecule has 33 heavy (non-hydrogen) atoms. The summed E-state index contributed by atoms with van der Waals surface area (Å²) in [5.74, 6) is -1.47. The Morgan fingerprint density at radius 1 is 1.06 bits per heavy atom. The number of benzene rings is 2. The number of carbonyl (C=O) groups excluding carboxylic acids is 2. The molecule has 0 heterocycles. The number of nitro groups is 1. The number of nitro benzene ring substituents is 1. The Balaban J connectivity index is 2.23. The van der Waals surface area contributed by atoms with Crippen molar-refractivity contribution >= 4 is 33.2 Å². The van der Waals surface area contributed by atoms with Crippen molar-refractivity contribution in [3.63, 3.8) is 0 Å². The monoisotopic (exact) mass is 476 g/mol. The fraction of sp³-hybridized carbons (Fsp3) is 0.364. The number of hydrogen-bond donors (Lipinski definition) is 2. The van der Waals surface area contributed by atoms with Crippen LogP contribution >= 0.6 is 0 Å². The van der Waals surface area contributed by atoms with E-state index in [0.717, 1.165) is 0 Å². The van der Waals surface area contributed by atoms with Gasteiger partial charge in [0.05, 0.1) is 9.82 Å². The summed E-state index contributed by atoms with van der Waals surface area (Å²) in [5.41, 5.74) is 0.141. The van der Waals surface area contributed by atoms with E-state index in [2.05, 4.69) is 10.6 Å². The second-order valence-electron chi connectivity index (χ2n) is 7.61. The highest BCUT2D eigenvalue weighted by atomic mass is 32.2. The maximum atomic E-state index is 12.9. The lowest BCUT2D eigenvalue weighted by molar-refractivity contribution is -0.384. The maximum absolute atomic E-state index is 12.9. The normalized spacial score (nSPS) is 12.4. The number of rotatable bonds is 10. The van der Waals surface area contributed by atoms with E-state index in [1.807, 2.05) is 0 Å². The van der Waals surface area contributed by atoms with Crippen LogP contribution in [0.2, 0.25) is 0 Å². The zero-order chi connectivity index (χ0) is 24.8. The molecule has 11 heteroatoms. The topological polar surface area (TPSA) is 139 Å². The number of nitrogens with one attached hydrogen (secondary N) is 2. The van der Waals surface area contributed by atoms with Gasteiger partial charge >= 0.3 is 0 Å². The molecular weight excluding hydrogens is 448 g/mol. The van der Waals surface area contributed by atoms with Crippen molar-refractivity contribution in [1.29, 1.82) is 0 Å². The number of nitrogens with zero attached hydrogens (tertiary/aromatic N) is 2. The second kappa shape index (κ2) is 11.0. The van der Waals surface area contributed by atoms with Crippen molar-refractivity contribution in [2.45, 2.75) is 38.6 Å². The van der Waals surface area contributed by atoms with Crippen LogP contribution in [0.15, 0.2) is 53.4 Å². The third-order valence-corrected chi connectivity index (χ3v) is 7.05. The molecule has 1 atom stereocenters. The SMILES string of the molecule is CCN(CC)S(=O)(=O)c1cccc(C(=O)NC(C(=O)Nc2cccc([N+](=O)[O-])c2)C(C)C)c1. The minimum absolute atomic E-state index is 0.0130. The lowest BCUT2D eigenvalue weighted by Gasteiger charge is -2.22. The molecule has 0 saturated carbocycles. The highest BCUT2D eigenvalue weighted by Crippen LogP contribution is 2.19. The second-order valence-corrected chi connectivity index (χ2v) is 9.55. The lowest BCUT2D eigenvalue weighted by Crippen LogP contribution is -2.47. The molecule has 2 aromatic carbocycles. The zero-order valence-corrected chi connectivity index (χ0v) is 19.8. The van der Waals surface area contributed by atoms with Gasteiger partial charge in [0.25, 0.3) is 11.6 Å². The predicted molar refractivity (Wildman–Crippen MR) is 124 cm³/mol. The van der Waals surface area contributed by atoms with Crippen LogP contribution in [0.5, 0.6) is 0 Å². The number of non-ortho nitro benzene ring substituents is 1. The molecule has 0 aromatic heterocycles. The van der Waals surface area contributed by atoms with Crippen LogP contribution in [-0.2, 0) is 14.8 Å². The van der Waals surface area contributed by atoms with E-state index in [-0.39, 0.29) is 27.8 Å². The molecule has 0 aliphatic heterocycles. The van der Waals surface area contributed by atoms with Gasteiger partial charge in [-0.25, -0.2) is 8.42 Å². The van der Waals surface area contributed by atoms with Gasteiger partial charge in [-0.15, -0.1) is 0 Å². The Bertz CT molecular complexity index is 1130. The Labute approximate surface area is 193 Å². The molecule has 0 saturated heterocycles. The minimum Gasteiger partial charge on any atom is -0.340 e.